The van der Waals surface area contributed by atoms with E-state index in [1.807, 2.05) is 41.8 Å². The van der Waals surface area contributed by atoms with Gasteiger partial charge in [0.15, 0.2) is 0 Å². The number of amides is 1. The summed E-state index contributed by atoms with van der Waals surface area (Å²) in [6.07, 6.45) is 8.82. The van der Waals surface area contributed by atoms with Gasteiger partial charge in [-0.1, -0.05) is 42.8 Å². The van der Waals surface area contributed by atoms with Crippen LogP contribution in [0.15, 0.2) is 53.6 Å². The van der Waals surface area contributed by atoms with Crippen LogP contribution >= 0.6 is 22.9 Å². The quantitative estimate of drug-likeness (QED) is 0.495. The van der Waals surface area contributed by atoms with Crippen LogP contribution < -0.4 is 10.0 Å². The van der Waals surface area contributed by atoms with E-state index >= 15 is 0 Å². The van der Waals surface area contributed by atoms with E-state index < -0.39 is 11.3 Å². The van der Waals surface area contributed by atoms with E-state index in [0.29, 0.717) is 36.4 Å². The lowest BCUT2D eigenvalue weighted by Crippen LogP contribution is -2.30. The first kappa shape index (κ1) is 23.7. The highest BCUT2D eigenvalue weighted by Crippen LogP contribution is 2.29. The maximum absolute atomic E-state index is 12.7. The van der Waals surface area contributed by atoms with E-state index in [1.54, 1.807) is 17.4 Å². The van der Waals surface area contributed by atoms with Crippen molar-refractivity contribution in [2.45, 2.75) is 45.1 Å². The lowest BCUT2D eigenvalue weighted by Gasteiger charge is -2.23. The second-order valence-electron chi connectivity index (χ2n) is 7.37. The van der Waals surface area contributed by atoms with Crippen molar-refractivity contribution in [2.75, 3.05) is 0 Å². The summed E-state index contributed by atoms with van der Waals surface area (Å²) < 4.78 is 24.0. The molecule has 1 aliphatic carbocycles. The topological polar surface area (TPSA) is 94.1 Å². The molecule has 0 radical (unpaired) electrons. The Bertz CT molecular complexity index is 990. The van der Waals surface area contributed by atoms with Crippen molar-refractivity contribution in [2.24, 2.45) is 5.92 Å². The normalized spacial score (nSPS) is 17.6. The minimum Gasteiger partial charge on any atom is -0.755 e. The van der Waals surface area contributed by atoms with Crippen molar-refractivity contribution in [3.63, 3.8) is 0 Å². The van der Waals surface area contributed by atoms with Gasteiger partial charge in [0.1, 0.15) is 5.01 Å². The van der Waals surface area contributed by atoms with Crippen molar-refractivity contribution in [1.82, 2.24) is 15.0 Å². The van der Waals surface area contributed by atoms with Crippen LogP contribution in [0.4, 0.5) is 0 Å². The smallest absolute Gasteiger partial charge is 0.220 e. The van der Waals surface area contributed by atoms with Crippen molar-refractivity contribution in [3.05, 3.63) is 74.9 Å². The molecule has 31 heavy (non-hydrogen) atoms. The van der Waals surface area contributed by atoms with E-state index in [9.17, 15) is 13.6 Å². The summed E-state index contributed by atoms with van der Waals surface area (Å²) in [5, 5.41) is 6.75. The molecular weight excluding hydrogens is 454 g/mol. The number of halogens is 1. The Morgan fingerprint density at radius 2 is 2.29 bits per heavy atom. The molecular formula is C22H25ClN3O3S2-. The molecule has 3 atom stereocenters. The maximum atomic E-state index is 12.7. The zero-order valence-corrected chi connectivity index (χ0v) is 19.6. The molecule has 0 aliphatic heterocycles. The van der Waals surface area contributed by atoms with Crippen molar-refractivity contribution >= 4 is 40.1 Å². The molecule has 2 N–H and O–H groups in total. The lowest BCUT2D eigenvalue weighted by atomic mass is 9.92. The Hall–Kier alpha value is -2.00. The summed E-state index contributed by atoms with van der Waals surface area (Å²) in [5.41, 5.74) is 2.61. The summed E-state index contributed by atoms with van der Waals surface area (Å²) in [4.78, 5) is 17.4. The number of benzene rings is 1. The van der Waals surface area contributed by atoms with Crippen LogP contribution in [-0.2, 0) is 28.9 Å². The number of carbonyl (C=O) groups is 1. The van der Waals surface area contributed by atoms with Crippen molar-refractivity contribution < 1.29 is 13.6 Å². The standard InChI is InChI=1S/C22H26ClN3O3S2/c1-2-18-14-30-22(24-18)20(13-16-6-9-19(10-7-16)26-31(28)29)25-21(27)11-8-15-4-3-5-17(23)12-15/h3-6,9-10,12,14,16,20,26H,2,7-8,11,13H2,1H3,(H,25,27)(H,28,29)/p-1/t16?,20-/m0/s1. The second-order valence-corrected chi connectivity index (χ2v) is 9.37. The van der Waals surface area contributed by atoms with E-state index in [4.69, 9.17) is 11.6 Å². The monoisotopic (exact) mass is 478 g/mol. The molecule has 9 heteroatoms. The summed E-state index contributed by atoms with van der Waals surface area (Å²) in [6, 6.07) is 7.35. The Morgan fingerprint density at radius 1 is 1.45 bits per heavy atom. The molecule has 0 saturated carbocycles. The number of thiazole rings is 1. The number of hydrogen-bond acceptors (Lipinski definition) is 5. The van der Waals surface area contributed by atoms with Gasteiger partial charge >= 0.3 is 0 Å². The third-order valence-corrected chi connectivity index (χ3v) is 6.67. The summed E-state index contributed by atoms with van der Waals surface area (Å²) >= 11 is 5.26. The number of carbonyl (C=O) groups excluding carboxylic acids is 1. The van der Waals surface area contributed by atoms with E-state index in [-0.39, 0.29) is 17.9 Å². The van der Waals surface area contributed by atoms with Gasteiger partial charge in [0.25, 0.3) is 0 Å². The zero-order chi connectivity index (χ0) is 22.2. The fourth-order valence-corrected chi connectivity index (χ4v) is 4.92. The van der Waals surface area contributed by atoms with Gasteiger partial charge in [-0.3, -0.25) is 9.00 Å². The molecule has 2 aromatic rings. The van der Waals surface area contributed by atoms with Crippen LogP contribution in [-0.4, -0.2) is 19.7 Å². The first-order chi connectivity index (χ1) is 14.9. The molecule has 6 nitrogen and oxygen atoms in total. The van der Waals surface area contributed by atoms with E-state index in [0.717, 1.165) is 22.7 Å². The van der Waals surface area contributed by atoms with Gasteiger partial charge in [-0.05, 0) is 55.4 Å². The Kier molecular flexibility index (Phi) is 8.83. The molecule has 1 aromatic heterocycles. The molecule has 1 aromatic carbocycles. The van der Waals surface area contributed by atoms with Gasteiger partial charge in [-0.2, -0.15) is 0 Å². The zero-order valence-electron chi connectivity index (χ0n) is 17.2. The summed E-state index contributed by atoms with van der Waals surface area (Å²) in [6.45, 7) is 2.06. The number of aryl methyl sites for hydroxylation is 2. The average Bonchev–Trinajstić information content (AvgIpc) is 3.22. The van der Waals surface area contributed by atoms with Gasteiger partial charge in [-0.15, -0.1) is 11.3 Å². The third kappa shape index (κ3) is 7.57. The molecule has 1 aliphatic rings. The van der Waals surface area contributed by atoms with E-state index in [2.05, 4.69) is 21.9 Å². The fraction of sp³-hybridized carbons (Fsp3) is 0.364. The summed E-state index contributed by atoms with van der Waals surface area (Å²) in [5.74, 6) is 0.149. The average molecular weight is 479 g/mol. The third-order valence-electron chi connectivity index (χ3n) is 5.02. The maximum Gasteiger partial charge on any atom is 0.220 e. The lowest BCUT2D eigenvalue weighted by molar-refractivity contribution is -0.121. The largest absolute Gasteiger partial charge is 0.755 e. The van der Waals surface area contributed by atoms with Gasteiger partial charge in [0.05, 0.1) is 11.7 Å². The van der Waals surface area contributed by atoms with Crippen LogP contribution in [0.2, 0.25) is 5.02 Å². The predicted molar refractivity (Wildman–Crippen MR) is 124 cm³/mol. The molecule has 1 amide bonds. The summed E-state index contributed by atoms with van der Waals surface area (Å²) in [7, 11) is 0. The molecule has 166 valence electrons. The molecule has 0 fully saturated rings. The van der Waals surface area contributed by atoms with Crippen molar-refractivity contribution in [1.29, 1.82) is 0 Å². The molecule has 3 rings (SSSR count). The highest BCUT2D eigenvalue weighted by atomic mass is 35.5. The number of rotatable bonds is 10. The Labute approximate surface area is 194 Å². The first-order valence-electron chi connectivity index (χ1n) is 10.1. The van der Waals surface area contributed by atoms with Crippen LogP contribution in [0.1, 0.15) is 48.5 Å². The molecule has 0 spiro atoms. The SMILES string of the molecule is CCc1csc([C@H](CC2C=CC(NS(=O)[O-])=CC2)NC(=O)CCc2cccc(Cl)c2)n1. The Balaban J connectivity index is 1.63. The van der Waals surface area contributed by atoms with Gasteiger partial charge in [-0.25, -0.2) is 4.98 Å². The number of nitrogens with one attached hydrogen (secondary N) is 2. The highest BCUT2D eigenvalue weighted by Gasteiger charge is 2.22. The van der Waals surface area contributed by atoms with Gasteiger partial charge in [0, 0.05) is 33.8 Å². The minimum absolute atomic E-state index is 0.0299. The van der Waals surface area contributed by atoms with Crippen molar-refractivity contribution in [3.8, 4) is 0 Å². The van der Waals surface area contributed by atoms with E-state index in [1.165, 1.54) is 0 Å². The molecule has 2 unspecified atom stereocenters. The highest BCUT2D eigenvalue weighted by molar-refractivity contribution is 7.77. The predicted octanol–water partition coefficient (Wildman–Crippen LogP) is 4.38. The van der Waals surface area contributed by atoms with Crippen LogP contribution in [0.3, 0.4) is 0 Å². The number of allylic oxidation sites excluding steroid dienone is 3. The number of nitrogens with zero attached hydrogens (tertiary/aromatic N) is 1. The number of aromatic nitrogens is 1. The first-order valence-corrected chi connectivity index (χ1v) is 12.5. The van der Waals surface area contributed by atoms with Crippen LogP contribution in [0, 0.1) is 5.92 Å². The Morgan fingerprint density at radius 3 is 2.94 bits per heavy atom. The molecule has 0 bridgehead atoms. The second kappa shape index (κ2) is 11.6. The number of hydrogen-bond donors (Lipinski definition) is 2. The van der Waals surface area contributed by atoms with Crippen LogP contribution in [0.5, 0.6) is 0 Å². The van der Waals surface area contributed by atoms with Gasteiger partial charge < -0.3 is 14.6 Å². The van der Waals surface area contributed by atoms with Gasteiger partial charge in [0.2, 0.25) is 5.91 Å². The molecule has 1 heterocycles. The van der Waals surface area contributed by atoms with Crippen LogP contribution in [0.25, 0.3) is 0 Å². The molecule has 0 saturated heterocycles. The minimum atomic E-state index is -2.33. The fourth-order valence-electron chi connectivity index (χ4n) is 3.40.